The molecule has 0 aromatic carbocycles. The number of nitrogens with one attached hydrogen (secondary N) is 1. The maximum Gasteiger partial charge on any atom is 0.0927 e. The van der Waals surface area contributed by atoms with Gasteiger partial charge in [0.25, 0.3) is 0 Å². The van der Waals surface area contributed by atoms with Crippen molar-refractivity contribution in [3.05, 3.63) is 17.7 Å². The number of thiocarbonyl (C=S) groups is 1. The van der Waals surface area contributed by atoms with Crippen LogP contribution >= 0.6 is 12.2 Å². The van der Waals surface area contributed by atoms with Crippen molar-refractivity contribution in [2.45, 2.75) is 13.3 Å². The first-order chi connectivity index (χ1) is 5.25. The summed E-state index contributed by atoms with van der Waals surface area (Å²) in [6, 6.07) is 0. The van der Waals surface area contributed by atoms with Crippen LogP contribution in [0.5, 0.6) is 0 Å². The van der Waals surface area contributed by atoms with Gasteiger partial charge < -0.3 is 10.7 Å². The van der Waals surface area contributed by atoms with Gasteiger partial charge in [0.1, 0.15) is 0 Å². The molecule has 1 heterocycles. The molecule has 0 aliphatic heterocycles. The standard InChI is InChI=1S/C7H11N3S/c1-5-7(10-4-9-5)6(11)2-3-8/h4H,2-3,8H2,1H3,(H,9,10). The third-order valence-electron chi connectivity index (χ3n) is 1.48. The number of nitrogens with zero attached hydrogens (tertiary/aromatic N) is 1. The van der Waals surface area contributed by atoms with Crippen molar-refractivity contribution in [3.8, 4) is 0 Å². The molecule has 0 amide bonds. The molecule has 0 atom stereocenters. The summed E-state index contributed by atoms with van der Waals surface area (Å²) in [5.74, 6) is 0. The number of hydrogen-bond acceptors (Lipinski definition) is 3. The second-order valence-electron chi connectivity index (χ2n) is 2.32. The van der Waals surface area contributed by atoms with Crippen molar-refractivity contribution in [3.63, 3.8) is 0 Å². The molecule has 0 saturated heterocycles. The molecule has 3 N–H and O–H groups in total. The monoisotopic (exact) mass is 169 g/mol. The zero-order valence-electron chi connectivity index (χ0n) is 6.42. The van der Waals surface area contributed by atoms with Crippen LogP contribution in [0, 0.1) is 6.92 Å². The van der Waals surface area contributed by atoms with E-state index in [1.807, 2.05) is 6.92 Å². The fourth-order valence-corrected chi connectivity index (χ4v) is 1.23. The summed E-state index contributed by atoms with van der Waals surface area (Å²) in [4.78, 5) is 7.88. The lowest BCUT2D eigenvalue weighted by Gasteiger charge is -1.98. The highest BCUT2D eigenvalue weighted by molar-refractivity contribution is 7.80. The Balaban J connectivity index is 2.76. The van der Waals surface area contributed by atoms with Gasteiger partial charge in [-0.2, -0.15) is 0 Å². The number of H-pyrrole nitrogens is 1. The Morgan fingerprint density at radius 3 is 3.00 bits per heavy atom. The van der Waals surface area contributed by atoms with Crippen LogP contribution in [-0.4, -0.2) is 21.4 Å². The van der Waals surface area contributed by atoms with Crippen LogP contribution in [0.25, 0.3) is 0 Å². The lowest BCUT2D eigenvalue weighted by atomic mass is 10.2. The highest BCUT2D eigenvalue weighted by atomic mass is 32.1. The molecule has 0 aliphatic rings. The van der Waals surface area contributed by atoms with Crippen LogP contribution in [0.15, 0.2) is 6.33 Å². The van der Waals surface area contributed by atoms with Crippen molar-refractivity contribution < 1.29 is 0 Å². The first-order valence-corrected chi connectivity index (χ1v) is 3.89. The molecule has 0 unspecified atom stereocenters. The summed E-state index contributed by atoms with van der Waals surface area (Å²) in [6.45, 7) is 2.52. The summed E-state index contributed by atoms with van der Waals surface area (Å²) in [5, 5.41) is 0. The molecule has 0 spiro atoms. The van der Waals surface area contributed by atoms with E-state index in [0.29, 0.717) is 6.54 Å². The van der Waals surface area contributed by atoms with E-state index in [0.717, 1.165) is 22.7 Å². The van der Waals surface area contributed by atoms with Gasteiger partial charge in [-0.05, 0) is 19.9 Å². The average molecular weight is 169 g/mol. The molecule has 60 valence electrons. The number of rotatable bonds is 3. The predicted octanol–water partition coefficient (Wildman–Crippen LogP) is 0.785. The largest absolute Gasteiger partial charge is 0.344 e. The normalized spacial score (nSPS) is 10.0. The SMILES string of the molecule is Cc1nc[nH]c1C(=S)CCN. The average Bonchev–Trinajstić information content (AvgIpc) is 2.36. The van der Waals surface area contributed by atoms with Crippen LogP contribution in [0.1, 0.15) is 17.8 Å². The number of nitrogens with two attached hydrogens (primary N) is 1. The molecule has 0 saturated carbocycles. The Labute approximate surface area is 71.0 Å². The summed E-state index contributed by atoms with van der Waals surface area (Å²) in [7, 11) is 0. The van der Waals surface area contributed by atoms with Crippen LogP contribution in [0.2, 0.25) is 0 Å². The van der Waals surface area contributed by atoms with Crippen LogP contribution in [0.3, 0.4) is 0 Å². The van der Waals surface area contributed by atoms with E-state index in [2.05, 4.69) is 9.97 Å². The van der Waals surface area contributed by atoms with E-state index < -0.39 is 0 Å². The smallest absolute Gasteiger partial charge is 0.0927 e. The summed E-state index contributed by atoms with van der Waals surface area (Å²) >= 11 is 5.11. The number of aryl methyl sites for hydroxylation is 1. The number of hydrogen-bond donors (Lipinski definition) is 2. The number of imidazole rings is 1. The second-order valence-corrected chi connectivity index (χ2v) is 2.82. The summed E-state index contributed by atoms with van der Waals surface area (Å²) in [6.07, 6.45) is 2.39. The molecule has 0 bridgehead atoms. The van der Waals surface area contributed by atoms with E-state index in [9.17, 15) is 0 Å². The van der Waals surface area contributed by atoms with Gasteiger partial charge in [0, 0.05) is 4.86 Å². The second kappa shape index (κ2) is 3.59. The lowest BCUT2D eigenvalue weighted by Crippen LogP contribution is -2.08. The molecule has 1 rings (SSSR count). The molecule has 11 heavy (non-hydrogen) atoms. The minimum absolute atomic E-state index is 0.595. The predicted molar refractivity (Wildman–Crippen MR) is 48.7 cm³/mol. The highest BCUT2D eigenvalue weighted by Crippen LogP contribution is 2.04. The first-order valence-electron chi connectivity index (χ1n) is 3.49. The van der Waals surface area contributed by atoms with Crippen molar-refractivity contribution in [2.75, 3.05) is 6.54 Å². The topological polar surface area (TPSA) is 54.7 Å². The highest BCUT2D eigenvalue weighted by Gasteiger charge is 2.04. The zero-order chi connectivity index (χ0) is 8.27. The van der Waals surface area contributed by atoms with E-state index in [1.165, 1.54) is 0 Å². The van der Waals surface area contributed by atoms with Gasteiger partial charge in [0.15, 0.2) is 0 Å². The molecular formula is C7H11N3S. The Morgan fingerprint density at radius 2 is 2.55 bits per heavy atom. The van der Waals surface area contributed by atoms with Gasteiger partial charge in [0.05, 0.1) is 17.7 Å². The fourth-order valence-electron chi connectivity index (χ4n) is 0.901. The van der Waals surface area contributed by atoms with Crippen LogP contribution in [0.4, 0.5) is 0 Å². The molecule has 3 nitrogen and oxygen atoms in total. The molecule has 1 aromatic rings. The van der Waals surface area contributed by atoms with Gasteiger partial charge in [-0.25, -0.2) is 4.98 Å². The first kappa shape index (κ1) is 8.36. The third-order valence-corrected chi connectivity index (χ3v) is 1.89. The van der Waals surface area contributed by atoms with E-state index in [-0.39, 0.29) is 0 Å². The van der Waals surface area contributed by atoms with E-state index in [1.54, 1.807) is 6.33 Å². The summed E-state index contributed by atoms with van der Waals surface area (Å²) < 4.78 is 0. The Hall–Kier alpha value is -0.740. The lowest BCUT2D eigenvalue weighted by molar-refractivity contribution is 1.05. The van der Waals surface area contributed by atoms with Crippen molar-refractivity contribution in [1.29, 1.82) is 0 Å². The minimum atomic E-state index is 0.595. The van der Waals surface area contributed by atoms with Gasteiger partial charge >= 0.3 is 0 Å². The third kappa shape index (κ3) is 1.85. The summed E-state index contributed by atoms with van der Waals surface area (Å²) in [5.41, 5.74) is 7.26. The maximum absolute atomic E-state index is 5.36. The van der Waals surface area contributed by atoms with Crippen LogP contribution < -0.4 is 5.73 Å². The number of aromatic nitrogens is 2. The minimum Gasteiger partial charge on any atom is -0.344 e. The van der Waals surface area contributed by atoms with E-state index in [4.69, 9.17) is 18.0 Å². The van der Waals surface area contributed by atoms with Crippen molar-refractivity contribution in [2.24, 2.45) is 5.73 Å². The van der Waals surface area contributed by atoms with Gasteiger partial charge in [0.2, 0.25) is 0 Å². The Kier molecular flexibility index (Phi) is 2.73. The molecule has 1 aromatic heterocycles. The molecular weight excluding hydrogens is 158 g/mol. The van der Waals surface area contributed by atoms with Gasteiger partial charge in [-0.3, -0.25) is 0 Å². The van der Waals surface area contributed by atoms with Gasteiger partial charge in [-0.15, -0.1) is 0 Å². The maximum atomic E-state index is 5.36. The van der Waals surface area contributed by atoms with Crippen LogP contribution in [-0.2, 0) is 0 Å². The van der Waals surface area contributed by atoms with Gasteiger partial charge in [-0.1, -0.05) is 12.2 Å². The zero-order valence-corrected chi connectivity index (χ0v) is 7.24. The molecule has 0 aliphatic carbocycles. The van der Waals surface area contributed by atoms with Crippen molar-refractivity contribution in [1.82, 2.24) is 9.97 Å². The molecule has 4 heteroatoms. The Bertz CT molecular complexity index is 254. The van der Waals surface area contributed by atoms with E-state index >= 15 is 0 Å². The fraction of sp³-hybridized carbons (Fsp3) is 0.429. The molecule has 0 radical (unpaired) electrons. The Morgan fingerprint density at radius 1 is 1.82 bits per heavy atom. The number of aromatic amines is 1. The quantitative estimate of drug-likeness (QED) is 0.519. The van der Waals surface area contributed by atoms with Crippen molar-refractivity contribution >= 4 is 17.1 Å². The molecule has 0 fully saturated rings.